The highest BCUT2D eigenvalue weighted by Gasteiger charge is 2.26. The molecule has 0 fully saturated rings. The van der Waals surface area contributed by atoms with Crippen LogP contribution in [0.3, 0.4) is 0 Å². The first kappa shape index (κ1) is 19.4. The quantitative estimate of drug-likeness (QED) is 0.470. The van der Waals surface area contributed by atoms with Gasteiger partial charge in [0, 0.05) is 49.0 Å². The molecule has 2 aromatic carbocycles. The zero-order valence-electron chi connectivity index (χ0n) is 16.5. The van der Waals surface area contributed by atoms with Crippen LogP contribution in [0.15, 0.2) is 67.0 Å². The van der Waals surface area contributed by atoms with E-state index in [2.05, 4.69) is 4.98 Å². The highest BCUT2D eigenvalue weighted by Crippen LogP contribution is 2.43. The molecule has 0 bridgehead atoms. The summed E-state index contributed by atoms with van der Waals surface area (Å²) in [5, 5.41) is 0. The molecule has 4 rings (SSSR count). The van der Waals surface area contributed by atoms with E-state index in [1.807, 2.05) is 36.4 Å². The summed E-state index contributed by atoms with van der Waals surface area (Å²) in [4.78, 5) is 26.7. The highest BCUT2D eigenvalue weighted by molar-refractivity contribution is 5.88. The fraction of sp³-hybridized carbons (Fsp3) is 0.125. The summed E-state index contributed by atoms with van der Waals surface area (Å²) in [5.41, 5.74) is 3.61. The molecule has 1 aliphatic rings. The third-order valence-electron chi connectivity index (χ3n) is 4.52. The molecule has 0 spiro atoms. The normalized spacial score (nSPS) is 14.7. The fourth-order valence-electron chi connectivity index (χ4n) is 3.29. The Hall–Kier alpha value is -3.93. The van der Waals surface area contributed by atoms with Crippen LogP contribution in [0.1, 0.15) is 36.6 Å². The fourth-order valence-corrected chi connectivity index (χ4v) is 3.29. The maximum atomic E-state index is 11.3. The van der Waals surface area contributed by atoms with E-state index in [1.54, 1.807) is 36.7 Å². The summed E-state index contributed by atoms with van der Waals surface area (Å²) in [7, 11) is 0. The molecule has 1 aromatic heterocycles. The van der Waals surface area contributed by atoms with Gasteiger partial charge in [-0.1, -0.05) is 18.2 Å². The Balaban J connectivity index is 1.76. The Morgan fingerprint density at radius 3 is 2.30 bits per heavy atom. The average molecular weight is 401 g/mol. The molecule has 1 aliphatic heterocycles. The van der Waals surface area contributed by atoms with Gasteiger partial charge in [0.05, 0.1) is 0 Å². The van der Waals surface area contributed by atoms with Crippen molar-refractivity contribution in [3.8, 4) is 17.2 Å². The number of benzene rings is 2. The van der Waals surface area contributed by atoms with Gasteiger partial charge in [-0.25, -0.2) is 0 Å². The number of hydrogen-bond donors (Lipinski definition) is 0. The summed E-state index contributed by atoms with van der Waals surface area (Å²) in [5.74, 6) is 0.761. The van der Waals surface area contributed by atoms with Gasteiger partial charge in [0.2, 0.25) is 0 Å². The summed E-state index contributed by atoms with van der Waals surface area (Å²) in [6.07, 6.45) is 5.09. The second-order valence-corrected chi connectivity index (χ2v) is 6.80. The minimum Gasteiger partial charge on any atom is -0.480 e. The first-order valence-electron chi connectivity index (χ1n) is 9.39. The van der Waals surface area contributed by atoms with Gasteiger partial charge in [-0.3, -0.25) is 14.6 Å². The van der Waals surface area contributed by atoms with Crippen molar-refractivity contribution in [2.24, 2.45) is 0 Å². The number of rotatable bonds is 4. The SMILES string of the molecule is CC(=O)Oc1ccc(C2=Cc3ccc(OC(C)=O)cc3OC2c2cccnc2)cc1. The van der Waals surface area contributed by atoms with Crippen molar-refractivity contribution < 1.29 is 23.8 Å². The molecule has 2 heterocycles. The van der Waals surface area contributed by atoms with E-state index in [-0.39, 0.29) is 5.97 Å². The lowest BCUT2D eigenvalue weighted by Crippen LogP contribution is -2.15. The van der Waals surface area contributed by atoms with E-state index < -0.39 is 12.1 Å². The Morgan fingerprint density at radius 2 is 1.63 bits per heavy atom. The zero-order chi connectivity index (χ0) is 21.1. The van der Waals surface area contributed by atoms with E-state index in [0.717, 1.165) is 22.3 Å². The Morgan fingerprint density at radius 1 is 0.933 bits per heavy atom. The lowest BCUT2D eigenvalue weighted by atomic mass is 9.91. The van der Waals surface area contributed by atoms with Crippen LogP contribution >= 0.6 is 0 Å². The average Bonchev–Trinajstić information content (AvgIpc) is 2.73. The number of aromatic nitrogens is 1. The van der Waals surface area contributed by atoms with Gasteiger partial charge >= 0.3 is 11.9 Å². The molecule has 0 saturated heterocycles. The Labute approximate surface area is 173 Å². The molecule has 6 heteroatoms. The molecule has 0 radical (unpaired) electrons. The van der Waals surface area contributed by atoms with Crippen molar-refractivity contribution >= 4 is 23.6 Å². The minimum absolute atomic E-state index is 0.367. The van der Waals surface area contributed by atoms with Gasteiger partial charge in [0.15, 0.2) is 6.10 Å². The molecule has 0 aliphatic carbocycles. The molecule has 1 atom stereocenters. The molecule has 3 aromatic rings. The molecular formula is C24H19NO5. The minimum atomic E-state index is -0.404. The number of nitrogens with zero attached hydrogens (tertiary/aromatic N) is 1. The van der Waals surface area contributed by atoms with Gasteiger partial charge in [0.25, 0.3) is 0 Å². The van der Waals surface area contributed by atoms with Crippen LogP contribution in [0, 0.1) is 0 Å². The van der Waals surface area contributed by atoms with E-state index in [9.17, 15) is 9.59 Å². The summed E-state index contributed by atoms with van der Waals surface area (Å²) < 4.78 is 16.6. The number of carbonyl (C=O) groups excluding carboxylic acids is 2. The molecule has 30 heavy (non-hydrogen) atoms. The van der Waals surface area contributed by atoms with Gasteiger partial charge < -0.3 is 14.2 Å². The van der Waals surface area contributed by atoms with Crippen LogP contribution in [-0.4, -0.2) is 16.9 Å². The summed E-state index contributed by atoms with van der Waals surface area (Å²) in [6, 6.07) is 16.3. The van der Waals surface area contributed by atoms with E-state index in [0.29, 0.717) is 17.2 Å². The lowest BCUT2D eigenvalue weighted by molar-refractivity contribution is -0.132. The Bertz CT molecular complexity index is 1120. The number of hydrogen-bond acceptors (Lipinski definition) is 6. The highest BCUT2D eigenvalue weighted by atomic mass is 16.5. The number of pyridine rings is 1. The molecule has 0 N–H and O–H groups in total. The van der Waals surface area contributed by atoms with Crippen LogP contribution in [0.25, 0.3) is 11.6 Å². The second-order valence-electron chi connectivity index (χ2n) is 6.80. The van der Waals surface area contributed by atoms with Gasteiger partial charge in [0.1, 0.15) is 17.2 Å². The van der Waals surface area contributed by atoms with E-state index in [1.165, 1.54) is 13.8 Å². The van der Waals surface area contributed by atoms with E-state index >= 15 is 0 Å². The van der Waals surface area contributed by atoms with Crippen LogP contribution in [-0.2, 0) is 9.59 Å². The number of esters is 2. The van der Waals surface area contributed by atoms with Gasteiger partial charge in [-0.2, -0.15) is 0 Å². The van der Waals surface area contributed by atoms with Crippen LogP contribution in [0.2, 0.25) is 0 Å². The van der Waals surface area contributed by atoms with E-state index in [4.69, 9.17) is 14.2 Å². The summed E-state index contributed by atoms with van der Waals surface area (Å²) in [6.45, 7) is 2.72. The smallest absolute Gasteiger partial charge is 0.308 e. The molecule has 0 saturated carbocycles. The predicted octanol–water partition coefficient (Wildman–Crippen LogP) is 4.61. The van der Waals surface area contributed by atoms with Crippen LogP contribution in [0.5, 0.6) is 17.2 Å². The number of fused-ring (bicyclic) bond motifs is 1. The molecule has 6 nitrogen and oxygen atoms in total. The van der Waals surface area contributed by atoms with Crippen molar-refractivity contribution in [2.75, 3.05) is 0 Å². The van der Waals surface area contributed by atoms with Crippen molar-refractivity contribution in [2.45, 2.75) is 20.0 Å². The molecule has 1 unspecified atom stereocenters. The monoisotopic (exact) mass is 401 g/mol. The predicted molar refractivity (Wildman–Crippen MR) is 111 cm³/mol. The summed E-state index contributed by atoms with van der Waals surface area (Å²) >= 11 is 0. The van der Waals surface area contributed by atoms with Gasteiger partial charge in [-0.15, -0.1) is 0 Å². The first-order valence-corrected chi connectivity index (χ1v) is 9.39. The third-order valence-corrected chi connectivity index (χ3v) is 4.52. The molecule has 0 amide bonds. The maximum absolute atomic E-state index is 11.3. The largest absolute Gasteiger partial charge is 0.480 e. The lowest BCUT2D eigenvalue weighted by Gasteiger charge is -2.28. The van der Waals surface area contributed by atoms with Crippen molar-refractivity contribution in [1.82, 2.24) is 4.98 Å². The third kappa shape index (κ3) is 4.22. The van der Waals surface area contributed by atoms with Crippen LogP contribution < -0.4 is 14.2 Å². The first-order chi connectivity index (χ1) is 14.5. The van der Waals surface area contributed by atoms with Crippen LogP contribution in [0.4, 0.5) is 0 Å². The Kier molecular flexibility index (Phi) is 5.30. The number of carbonyl (C=O) groups is 2. The molecular weight excluding hydrogens is 382 g/mol. The maximum Gasteiger partial charge on any atom is 0.308 e. The van der Waals surface area contributed by atoms with Gasteiger partial charge in [-0.05, 0) is 42.0 Å². The van der Waals surface area contributed by atoms with Crippen molar-refractivity contribution in [3.05, 3.63) is 83.7 Å². The van der Waals surface area contributed by atoms with Crippen molar-refractivity contribution in [3.63, 3.8) is 0 Å². The van der Waals surface area contributed by atoms with Crippen molar-refractivity contribution in [1.29, 1.82) is 0 Å². The second kappa shape index (κ2) is 8.21. The number of ether oxygens (including phenoxy) is 3. The topological polar surface area (TPSA) is 74.7 Å². The molecule has 150 valence electrons. The zero-order valence-corrected chi connectivity index (χ0v) is 16.5. The standard InChI is InChI=1S/C24H19NO5/c1-15(26)28-20-8-5-17(6-9-20)22-12-18-7-10-21(29-16(2)27)13-23(18)30-24(22)19-4-3-11-25-14-19/h3-14,24H,1-2H3.